The Morgan fingerprint density at radius 2 is 2.00 bits per heavy atom. The highest BCUT2D eigenvalue weighted by Gasteiger charge is 2.17. The van der Waals surface area contributed by atoms with E-state index < -0.39 is 0 Å². The number of rotatable bonds is 5. The molecule has 0 radical (unpaired) electrons. The lowest BCUT2D eigenvalue weighted by molar-refractivity contribution is 0.460. The third-order valence-electron chi connectivity index (χ3n) is 3.50. The molecule has 2 rings (SSSR count). The van der Waals surface area contributed by atoms with Crippen molar-refractivity contribution in [3.05, 3.63) is 50.9 Å². The summed E-state index contributed by atoms with van der Waals surface area (Å²) < 4.78 is 3.69. The van der Waals surface area contributed by atoms with Gasteiger partial charge in [-0.25, -0.2) is 4.68 Å². The third-order valence-corrected chi connectivity index (χ3v) is 3.74. The van der Waals surface area contributed by atoms with Crippen LogP contribution in [0.4, 0.5) is 5.69 Å². The number of benzene rings is 1. The Morgan fingerprint density at radius 1 is 1.29 bits per heavy atom. The molecular formula is C16H22ClN3O. The average Bonchev–Trinajstić information content (AvgIpc) is 2.63. The van der Waals surface area contributed by atoms with Crippen LogP contribution >= 0.6 is 11.6 Å². The second-order valence-corrected chi connectivity index (χ2v) is 6.10. The molecule has 4 nitrogen and oxygen atoms in total. The van der Waals surface area contributed by atoms with Crippen LogP contribution in [0.25, 0.3) is 0 Å². The molecule has 0 saturated carbocycles. The molecule has 1 heterocycles. The van der Waals surface area contributed by atoms with Crippen molar-refractivity contribution < 1.29 is 0 Å². The fraction of sp³-hybridized carbons (Fsp3) is 0.438. The number of halogens is 1. The van der Waals surface area contributed by atoms with Crippen molar-refractivity contribution in [3.63, 3.8) is 0 Å². The molecule has 21 heavy (non-hydrogen) atoms. The van der Waals surface area contributed by atoms with Crippen LogP contribution in [-0.4, -0.2) is 9.36 Å². The molecule has 2 N–H and O–H groups in total. The first-order chi connectivity index (χ1) is 9.93. The number of aromatic nitrogens is 2. The van der Waals surface area contributed by atoms with Gasteiger partial charge in [-0.1, -0.05) is 37.6 Å². The summed E-state index contributed by atoms with van der Waals surface area (Å²) in [5, 5.41) is 0.672. The molecule has 0 aliphatic carbocycles. The summed E-state index contributed by atoms with van der Waals surface area (Å²) in [6.07, 6.45) is 0.803. The maximum absolute atomic E-state index is 12.4. The van der Waals surface area contributed by atoms with E-state index in [1.165, 1.54) is 0 Å². The van der Waals surface area contributed by atoms with Crippen molar-refractivity contribution in [2.24, 2.45) is 5.92 Å². The molecule has 0 atom stereocenters. The molecule has 1 aromatic carbocycles. The minimum absolute atomic E-state index is 0.118. The highest BCUT2D eigenvalue weighted by molar-refractivity contribution is 6.30. The molecule has 114 valence electrons. The number of nitrogen functional groups attached to an aromatic ring is 1. The van der Waals surface area contributed by atoms with Gasteiger partial charge in [0.1, 0.15) is 5.69 Å². The highest BCUT2D eigenvalue weighted by atomic mass is 35.5. The Morgan fingerprint density at radius 3 is 2.57 bits per heavy atom. The summed E-state index contributed by atoms with van der Waals surface area (Å²) in [7, 11) is 0. The van der Waals surface area contributed by atoms with Crippen LogP contribution in [0.5, 0.6) is 0 Å². The van der Waals surface area contributed by atoms with Gasteiger partial charge in [-0.2, -0.15) is 0 Å². The van der Waals surface area contributed by atoms with Gasteiger partial charge < -0.3 is 5.73 Å². The molecule has 0 aliphatic rings. The maximum Gasteiger partial charge on any atom is 0.290 e. The summed E-state index contributed by atoms with van der Waals surface area (Å²) in [5.41, 5.74) is 8.21. The van der Waals surface area contributed by atoms with Crippen LogP contribution < -0.4 is 11.3 Å². The van der Waals surface area contributed by atoms with E-state index in [2.05, 4.69) is 13.8 Å². The lowest BCUT2D eigenvalue weighted by Gasteiger charge is -2.14. The van der Waals surface area contributed by atoms with Gasteiger partial charge in [0.15, 0.2) is 0 Å². The Hall–Kier alpha value is -1.68. The molecule has 0 spiro atoms. The molecule has 0 aliphatic heterocycles. The number of hydrogen-bond acceptors (Lipinski definition) is 2. The van der Waals surface area contributed by atoms with E-state index in [-0.39, 0.29) is 5.56 Å². The molecule has 0 unspecified atom stereocenters. The van der Waals surface area contributed by atoms with E-state index in [0.29, 0.717) is 23.2 Å². The zero-order valence-electron chi connectivity index (χ0n) is 12.8. The van der Waals surface area contributed by atoms with Crippen LogP contribution in [0.2, 0.25) is 5.02 Å². The van der Waals surface area contributed by atoms with Crippen molar-refractivity contribution in [1.82, 2.24) is 9.36 Å². The van der Waals surface area contributed by atoms with E-state index in [1.54, 1.807) is 4.68 Å². The van der Waals surface area contributed by atoms with Crippen molar-refractivity contribution >= 4 is 17.3 Å². The lowest BCUT2D eigenvalue weighted by atomic mass is 10.1. The van der Waals surface area contributed by atoms with E-state index in [0.717, 1.165) is 24.2 Å². The Kier molecular flexibility index (Phi) is 4.78. The van der Waals surface area contributed by atoms with Gasteiger partial charge in [-0.15, -0.1) is 0 Å². The van der Waals surface area contributed by atoms with Gasteiger partial charge in [0.2, 0.25) is 0 Å². The fourth-order valence-electron chi connectivity index (χ4n) is 2.59. The standard InChI is InChI=1S/C16H22ClN3O/c1-4-19-14(8-11(2)3)15(18)16(21)20(19)10-12-6-5-7-13(17)9-12/h5-7,9,11H,4,8,10,18H2,1-3H3. The molecule has 1 aromatic heterocycles. The molecule has 0 amide bonds. The number of hydrogen-bond donors (Lipinski definition) is 1. The van der Waals surface area contributed by atoms with Crippen LogP contribution in [0.15, 0.2) is 29.1 Å². The average molecular weight is 308 g/mol. The fourth-order valence-corrected chi connectivity index (χ4v) is 2.80. The van der Waals surface area contributed by atoms with Crippen LogP contribution in [0.3, 0.4) is 0 Å². The quantitative estimate of drug-likeness (QED) is 0.922. The molecule has 0 saturated heterocycles. The van der Waals surface area contributed by atoms with Gasteiger partial charge >= 0.3 is 0 Å². The van der Waals surface area contributed by atoms with Gasteiger partial charge in [-0.05, 0) is 37.0 Å². The lowest BCUT2D eigenvalue weighted by Crippen LogP contribution is -2.24. The SMILES string of the molecule is CCn1c(CC(C)C)c(N)c(=O)n1Cc1cccc(Cl)c1. The number of nitrogens with two attached hydrogens (primary N) is 1. The van der Waals surface area contributed by atoms with Crippen molar-refractivity contribution in [1.29, 1.82) is 0 Å². The molecular weight excluding hydrogens is 286 g/mol. The number of nitrogens with zero attached hydrogens (tertiary/aromatic N) is 2. The van der Waals surface area contributed by atoms with E-state index in [9.17, 15) is 4.79 Å². The van der Waals surface area contributed by atoms with Crippen molar-refractivity contribution in [2.75, 3.05) is 5.73 Å². The first kappa shape index (κ1) is 15.7. The smallest absolute Gasteiger partial charge is 0.290 e. The molecule has 5 heteroatoms. The van der Waals surface area contributed by atoms with Gasteiger partial charge in [-0.3, -0.25) is 9.48 Å². The maximum atomic E-state index is 12.4. The van der Waals surface area contributed by atoms with E-state index in [4.69, 9.17) is 17.3 Å². The second kappa shape index (κ2) is 6.39. The Bertz CT molecular complexity index is 685. The summed E-state index contributed by atoms with van der Waals surface area (Å²) in [6, 6.07) is 7.55. The molecule has 0 bridgehead atoms. The van der Waals surface area contributed by atoms with Crippen LogP contribution in [0, 0.1) is 5.92 Å². The largest absolute Gasteiger partial charge is 0.393 e. The number of anilines is 1. The minimum atomic E-state index is -0.118. The minimum Gasteiger partial charge on any atom is -0.393 e. The molecule has 0 fully saturated rings. The monoisotopic (exact) mass is 307 g/mol. The zero-order valence-corrected chi connectivity index (χ0v) is 13.5. The van der Waals surface area contributed by atoms with Crippen molar-refractivity contribution in [3.8, 4) is 0 Å². The predicted molar refractivity (Wildman–Crippen MR) is 87.9 cm³/mol. The van der Waals surface area contributed by atoms with Crippen LogP contribution in [0.1, 0.15) is 32.0 Å². The molecule has 2 aromatic rings. The topological polar surface area (TPSA) is 52.9 Å². The Balaban J connectivity index is 2.46. The zero-order chi connectivity index (χ0) is 15.6. The van der Waals surface area contributed by atoms with Crippen molar-refractivity contribution in [2.45, 2.75) is 40.3 Å². The van der Waals surface area contributed by atoms with Gasteiger partial charge in [0.25, 0.3) is 5.56 Å². The van der Waals surface area contributed by atoms with Gasteiger partial charge in [0, 0.05) is 11.6 Å². The summed E-state index contributed by atoms with van der Waals surface area (Å²) in [6.45, 7) is 7.47. The first-order valence-electron chi connectivity index (χ1n) is 7.26. The highest BCUT2D eigenvalue weighted by Crippen LogP contribution is 2.16. The third kappa shape index (κ3) is 3.32. The first-order valence-corrected chi connectivity index (χ1v) is 7.64. The summed E-state index contributed by atoms with van der Waals surface area (Å²) >= 11 is 6.01. The van der Waals surface area contributed by atoms with E-state index >= 15 is 0 Å². The summed E-state index contributed by atoms with van der Waals surface area (Å²) in [5.74, 6) is 0.450. The van der Waals surface area contributed by atoms with Crippen LogP contribution in [-0.2, 0) is 19.5 Å². The Labute approximate surface area is 130 Å². The van der Waals surface area contributed by atoms with Gasteiger partial charge in [0.05, 0.1) is 12.2 Å². The van der Waals surface area contributed by atoms with E-state index in [1.807, 2.05) is 35.9 Å². The predicted octanol–water partition coefficient (Wildman–Crippen LogP) is 3.15. The normalized spacial score (nSPS) is 11.3. The second-order valence-electron chi connectivity index (χ2n) is 5.67. The summed E-state index contributed by atoms with van der Waals surface area (Å²) in [4.78, 5) is 12.4.